The van der Waals surface area contributed by atoms with Crippen LogP contribution in [0.3, 0.4) is 0 Å². The van der Waals surface area contributed by atoms with Gasteiger partial charge in [-0.1, -0.05) is 55.5 Å². The van der Waals surface area contributed by atoms with Gasteiger partial charge in [-0.05, 0) is 47.4 Å². The number of nitrogens with zero attached hydrogens (tertiary/aromatic N) is 1. The minimum Gasteiger partial charge on any atom is -0.507 e. The molecule has 1 unspecified atom stereocenters. The second-order valence-electron chi connectivity index (χ2n) is 7.66. The van der Waals surface area contributed by atoms with E-state index in [1.165, 1.54) is 53.4 Å². The van der Waals surface area contributed by atoms with Crippen molar-refractivity contribution in [3.05, 3.63) is 112 Å². The Morgan fingerprint density at radius 3 is 1.94 bits per heavy atom. The Kier molecular flexibility index (Phi) is 5.86. The van der Waals surface area contributed by atoms with E-state index in [2.05, 4.69) is 0 Å². The van der Waals surface area contributed by atoms with Crippen molar-refractivity contribution in [1.29, 1.82) is 0 Å². The van der Waals surface area contributed by atoms with E-state index >= 15 is 0 Å². The van der Waals surface area contributed by atoms with E-state index in [0.29, 0.717) is 16.7 Å². The molecular weight excluding hydrogens is 412 g/mol. The molecule has 3 aromatic rings. The average Bonchev–Trinajstić information content (AvgIpc) is 3.05. The first kappa shape index (κ1) is 21.4. The Bertz CT molecular complexity index is 1180. The molecule has 0 aromatic heterocycles. The Balaban J connectivity index is 1.83. The molecular formula is C26H21F2NO3. The van der Waals surface area contributed by atoms with Gasteiger partial charge in [0.15, 0.2) is 0 Å². The van der Waals surface area contributed by atoms with Crippen LogP contribution in [0, 0.1) is 11.6 Å². The predicted molar refractivity (Wildman–Crippen MR) is 116 cm³/mol. The van der Waals surface area contributed by atoms with E-state index in [0.717, 1.165) is 12.0 Å². The highest BCUT2D eigenvalue weighted by atomic mass is 19.1. The van der Waals surface area contributed by atoms with Gasteiger partial charge in [-0.3, -0.25) is 9.59 Å². The van der Waals surface area contributed by atoms with Gasteiger partial charge in [0, 0.05) is 12.1 Å². The second kappa shape index (κ2) is 8.75. The Morgan fingerprint density at radius 2 is 1.38 bits per heavy atom. The summed E-state index contributed by atoms with van der Waals surface area (Å²) in [6.07, 6.45) is 0.818. The summed E-state index contributed by atoms with van der Waals surface area (Å²) in [6.45, 7) is 2.03. The van der Waals surface area contributed by atoms with Gasteiger partial charge >= 0.3 is 0 Å². The molecule has 1 fully saturated rings. The van der Waals surface area contributed by atoms with Gasteiger partial charge in [0.25, 0.3) is 11.7 Å². The number of aliphatic hydroxyl groups excluding tert-OH is 1. The van der Waals surface area contributed by atoms with E-state index in [4.69, 9.17) is 0 Å². The topological polar surface area (TPSA) is 57.6 Å². The molecule has 162 valence electrons. The first-order valence-electron chi connectivity index (χ1n) is 10.3. The number of rotatable bonds is 5. The summed E-state index contributed by atoms with van der Waals surface area (Å²) >= 11 is 0. The number of hydrogen-bond donors (Lipinski definition) is 1. The minimum atomic E-state index is -0.911. The summed E-state index contributed by atoms with van der Waals surface area (Å²) < 4.78 is 26.9. The van der Waals surface area contributed by atoms with Crippen molar-refractivity contribution in [1.82, 2.24) is 4.90 Å². The maximum atomic E-state index is 13.6. The number of aryl methyl sites for hydroxylation is 1. The number of ketones is 1. The van der Waals surface area contributed by atoms with E-state index < -0.39 is 29.4 Å². The maximum absolute atomic E-state index is 13.6. The number of hydrogen-bond acceptors (Lipinski definition) is 3. The van der Waals surface area contributed by atoms with Crippen molar-refractivity contribution in [2.24, 2.45) is 0 Å². The molecule has 3 aromatic carbocycles. The van der Waals surface area contributed by atoms with Crippen molar-refractivity contribution in [3.63, 3.8) is 0 Å². The van der Waals surface area contributed by atoms with Crippen LogP contribution in [0.1, 0.15) is 35.2 Å². The van der Waals surface area contributed by atoms with Crippen LogP contribution in [-0.4, -0.2) is 21.7 Å². The van der Waals surface area contributed by atoms with E-state index in [9.17, 15) is 23.5 Å². The maximum Gasteiger partial charge on any atom is 0.295 e. The smallest absolute Gasteiger partial charge is 0.295 e. The molecule has 0 aliphatic carbocycles. The zero-order chi connectivity index (χ0) is 22.8. The molecule has 4 rings (SSSR count). The molecule has 32 heavy (non-hydrogen) atoms. The van der Waals surface area contributed by atoms with Gasteiger partial charge in [-0.2, -0.15) is 0 Å². The SMILES string of the molecule is CCc1ccc(/C(O)=C2/C(=O)C(=O)N(Cc3ccc(F)cc3)C2c2ccc(F)cc2)cc1. The number of amides is 1. The number of Topliss-reactive ketones (excluding diaryl/α,β-unsaturated/α-hetero) is 1. The molecule has 1 saturated heterocycles. The molecule has 1 aliphatic rings. The summed E-state index contributed by atoms with van der Waals surface area (Å²) in [5.74, 6) is -2.77. The molecule has 1 atom stereocenters. The molecule has 1 aliphatic heterocycles. The van der Waals surface area contributed by atoms with Crippen molar-refractivity contribution in [2.45, 2.75) is 25.9 Å². The Labute approximate surface area is 184 Å². The van der Waals surface area contributed by atoms with Crippen LogP contribution in [0.4, 0.5) is 8.78 Å². The van der Waals surface area contributed by atoms with Crippen molar-refractivity contribution < 1.29 is 23.5 Å². The number of likely N-dealkylation sites (tertiary alicyclic amines) is 1. The van der Waals surface area contributed by atoms with Gasteiger partial charge in [-0.25, -0.2) is 8.78 Å². The fraction of sp³-hybridized carbons (Fsp3) is 0.154. The Hall–Kier alpha value is -3.80. The summed E-state index contributed by atoms with van der Waals surface area (Å²) in [4.78, 5) is 27.3. The molecule has 1 N–H and O–H groups in total. The molecule has 4 nitrogen and oxygen atoms in total. The fourth-order valence-electron chi connectivity index (χ4n) is 3.88. The number of aliphatic hydroxyl groups is 1. The largest absolute Gasteiger partial charge is 0.507 e. The lowest BCUT2D eigenvalue weighted by molar-refractivity contribution is -0.140. The van der Waals surface area contributed by atoms with Gasteiger partial charge in [0.2, 0.25) is 0 Å². The standard InChI is InChI=1S/C26H21F2NO3/c1-2-16-3-7-19(8-4-16)24(30)22-23(18-9-13-21(28)14-10-18)29(26(32)25(22)31)15-17-5-11-20(27)12-6-17/h3-14,23,30H,2,15H2,1H3/b24-22-. The zero-order valence-electron chi connectivity index (χ0n) is 17.4. The molecule has 0 radical (unpaired) electrons. The molecule has 0 saturated carbocycles. The van der Waals surface area contributed by atoms with Gasteiger partial charge < -0.3 is 10.0 Å². The lowest BCUT2D eigenvalue weighted by atomic mass is 9.94. The lowest BCUT2D eigenvalue weighted by Crippen LogP contribution is -2.29. The highest BCUT2D eigenvalue weighted by Crippen LogP contribution is 2.40. The van der Waals surface area contributed by atoms with Crippen LogP contribution < -0.4 is 0 Å². The van der Waals surface area contributed by atoms with E-state index in [1.54, 1.807) is 12.1 Å². The summed E-state index contributed by atoms with van der Waals surface area (Å²) in [5.41, 5.74) is 2.52. The van der Waals surface area contributed by atoms with Gasteiger partial charge in [0.05, 0.1) is 11.6 Å². The number of halogens is 2. The number of benzene rings is 3. The van der Waals surface area contributed by atoms with Crippen molar-refractivity contribution in [3.8, 4) is 0 Å². The van der Waals surface area contributed by atoms with Crippen LogP contribution >= 0.6 is 0 Å². The fourth-order valence-corrected chi connectivity index (χ4v) is 3.88. The first-order chi connectivity index (χ1) is 15.4. The van der Waals surface area contributed by atoms with Crippen LogP contribution in [0.5, 0.6) is 0 Å². The van der Waals surface area contributed by atoms with Crippen LogP contribution in [0.2, 0.25) is 0 Å². The van der Waals surface area contributed by atoms with Gasteiger partial charge in [0.1, 0.15) is 17.4 Å². The van der Waals surface area contributed by atoms with E-state index in [1.807, 2.05) is 19.1 Å². The molecule has 0 bridgehead atoms. The Morgan fingerprint density at radius 1 is 0.844 bits per heavy atom. The number of carbonyl (C=O) groups excluding carboxylic acids is 2. The highest BCUT2D eigenvalue weighted by molar-refractivity contribution is 6.46. The normalized spacial score (nSPS) is 17.7. The summed E-state index contributed by atoms with van der Waals surface area (Å²) in [7, 11) is 0. The molecule has 6 heteroatoms. The van der Waals surface area contributed by atoms with Crippen LogP contribution in [-0.2, 0) is 22.6 Å². The first-order valence-corrected chi connectivity index (χ1v) is 10.3. The second-order valence-corrected chi connectivity index (χ2v) is 7.66. The minimum absolute atomic E-state index is 0.0262. The quantitative estimate of drug-likeness (QED) is 0.344. The molecule has 1 amide bonds. The number of carbonyl (C=O) groups is 2. The third-order valence-corrected chi connectivity index (χ3v) is 5.63. The third-order valence-electron chi connectivity index (χ3n) is 5.63. The van der Waals surface area contributed by atoms with Crippen molar-refractivity contribution >= 4 is 17.4 Å². The molecule has 0 spiro atoms. The van der Waals surface area contributed by atoms with Crippen molar-refractivity contribution in [2.75, 3.05) is 0 Å². The van der Waals surface area contributed by atoms with Gasteiger partial charge in [-0.15, -0.1) is 0 Å². The molecule has 1 heterocycles. The van der Waals surface area contributed by atoms with Crippen LogP contribution in [0.15, 0.2) is 78.4 Å². The summed E-state index contributed by atoms with van der Waals surface area (Å²) in [6, 6.07) is 17.2. The lowest BCUT2D eigenvalue weighted by Gasteiger charge is -2.25. The zero-order valence-corrected chi connectivity index (χ0v) is 17.4. The van der Waals surface area contributed by atoms with E-state index in [-0.39, 0.29) is 17.9 Å². The summed E-state index contributed by atoms with van der Waals surface area (Å²) in [5, 5.41) is 11.0. The third kappa shape index (κ3) is 4.04. The monoisotopic (exact) mass is 433 g/mol. The highest BCUT2D eigenvalue weighted by Gasteiger charge is 2.46. The van der Waals surface area contributed by atoms with Crippen LogP contribution in [0.25, 0.3) is 5.76 Å². The predicted octanol–water partition coefficient (Wildman–Crippen LogP) is 5.15. The average molecular weight is 433 g/mol.